The predicted octanol–water partition coefficient (Wildman–Crippen LogP) is -4.50. The van der Waals surface area contributed by atoms with E-state index in [0.29, 0.717) is 4.90 Å². The number of imide groups is 1. The first-order chi connectivity index (χ1) is 21.7. The minimum atomic E-state index is -1.61. The van der Waals surface area contributed by atoms with Gasteiger partial charge >= 0.3 is 5.97 Å². The fourth-order valence-corrected chi connectivity index (χ4v) is 3.54. The zero-order chi connectivity index (χ0) is 36.2. The van der Waals surface area contributed by atoms with Crippen molar-refractivity contribution in [2.45, 2.75) is 90.0 Å². The molecule has 1 unspecified atom stereocenters. The van der Waals surface area contributed by atoms with Crippen molar-refractivity contribution in [3.63, 3.8) is 0 Å². The third kappa shape index (κ3) is 12.6. The molecule has 1 heterocycles. The van der Waals surface area contributed by atoms with Crippen molar-refractivity contribution in [1.29, 1.82) is 1.43 Å². The maximum atomic E-state index is 12.8. The van der Waals surface area contributed by atoms with Gasteiger partial charge in [-0.15, -0.1) is 0 Å². The Morgan fingerprint density at radius 2 is 1.44 bits per heavy atom. The first kappa shape index (κ1) is 34.4. The molecule has 1 aliphatic heterocycles. The van der Waals surface area contributed by atoms with Gasteiger partial charge < -0.3 is 42.7 Å². The third-order valence-electron chi connectivity index (χ3n) is 6.25. The van der Waals surface area contributed by atoms with Crippen LogP contribution in [0.15, 0.2) is 0 Å². The number of rotatable bonds is 17. The topological polar surface area (TPSA) is 292 Å². The molecule has 1 fully saturated rings. The van der Waals surface area contributed by atoms with Gasteiger partial charge in [-0.2, -0.15) is 0 Å². The molecule has 1 rings (SSSR count). The molecule has 19 nitrogen and oxygen atoms in total. The Morgan fingerprint density at radius 1 is 0.889 bits per heavy atom. The van der Waals surface area contributed by atoms with Crippen molar-refractivity contribution in [2.75, 3.05) is 13.1 Å². The second kappa shape index (κ2) is 16.7. The smallest absolute Gasteiger partial charge is 0.328 e. The summed E-state index contributed by atoms with van der Waals surface area (Å²) >= 11 is 0. The van der Waals surface area contributed by atoms with E-state index in [-0.39, 0.29) is 19.4 Å². The van der Waals surface area contributed by atoms with Crippen LogP contribution in [0.2, 0.25) is 0 Å². The largest absolute Gasteiger partial charge is 0.480 e. The molecule has 0 saturated carbocycles. The lowest BCUT2D eigenvalue weighted by Gasteiger charge is -2.25. The van der Waals surface area contributed by atoms with Gasteiger partial charge in [0.1, 0.15) is 36.3 Å². The van der Waals surface area contributed by atoms with Gasteiger partial charge in [0, 0.05) is 27.2 Å². The second-order valence-corrected chi connectivity index (χ2v) is 10.7. The quantitative estimate of drug-likeness (QED) is 0.0699. The van der Waals surface area contributed by atoms with Crippen LogP contribution in [0, 0.1) is 0 Å². The van der Waals surface area contributed by atoms with Gasteiger partial charge in [0.25, 0.3) is 1.43 Å². The van der Waals surface area contributed by atoms with Crippen LogP contribution < -0.4 is 37.6 Å². The number of likely N-dealkylation sites (tertiary alicyclic amines) is 1. The standard InChI is InChI=1S/C26H40N8O11/c1-12(29-17(36)8-9-28-18(37)11-34-19(38)6-7-20(34)39)21(40)30-13(2)22(41)32-15(10-16(27)35)24(43)31-14(3)23(42)33-26(4,5)25(44)45/h12-15H,6-11H2,1-5H3,(H2,27,35)(H,28,37)(H,29,36)(H,30,40)(H,31,43)(H,32,41)(H,33,42)(H,44,45)/t12-,13-,14-,15-/m0/s1/i6T/hD/t6?,12-,13-,14-,15-. The van der Waals surface area contributed by atoms with Crippen LogP contribution in [-0.2, 0) is 47.9 Å². The average Bonchev–Trinajstić information content (AvgIpc) is 3.20. The Balaban J connectivity index is 2.61. The maximum Gasteiger partial charge on any atom is 0.328 e. The molecule has 0 spiro atoms. The van der Waals surface area contributed by atoms with E-state index in [0.717, 1.165) is 0 Å². The van der Waals surface area contributed by atoms with Crippen LogP contribution in [-0.4, -0.2) is 112 Å². The van der Waals surface area contributed by atoms with Gasteiger partial charge in [-0.05, 0) is 34.6 Å². The summed E-state index contributed by atoms with van der Waals surface area (Å²) in [4.78, 5) is 122. The number of nitrogens with two attached hydrogens (primary N) is 1. The highest BCUT2D eigenvalue weighted by atomic mass is 16.4. The zero-order valence-electron chi connectivity index (χ0n) is 27.4. The summed E-state index contributed by atoms with van der Waals surface area (Å²) < 4.78 is 14.1. The lowest BCUT2D eigenvalue weighted by Crippen LogP contribution is -2.59. The Bertz CT molecular complexity index is 1300. The van der Waals surface area contributed by atoms with Crippen molar-refractivity contribution in [3.8, 4) is 0 Å². The van der Waals surface area contributed by atoms with Gasteiger partial charge in [0.05, 0.1) is 6.42 Å². The van der Waals surface area contributed by atoms with E-state index in [1.165, 1.54) is 34.6 Å². The summed E-state index contributed by atoms with van der Waals surface area (Å²) in [5, 5.41) is 17.7. The summed E-state index contributed by atoms with van der Waals surface area (Å²) in [6.45, 7) is 5.54. The van der Waals surface area contributed by atoms with Crippen LogP contribution in [0.25, 0.3) is 1.43 Å². The highest BCUT2D eigenvalue weighted by Crippen LogP contribution is 2.10. The fourth-order valence-electron chi connectivity index (χ4n) is 3.54. The molecule has 0 aromatic heterocycles. The summed E-state index contributed by atoms with van der Waals surface area (Å²) in [6.07, 6.45) is -2.53. The van der Waals surface area contributed by atoms with Gasteiger partial charge in [0.15, 0.2) is 0 Å². The minimum absolute atomic E-state index is 0.197. The van der Waals surface area contributed by atoms with Crippen LogP contribution in [0.5, 0.6) is 0 Å². The number of carbonyl (C=O) groups is 10. The van der Waals surface area contributed by atoms with E-state index >= 15 is 0 Å². The molecule has 1 aliphatic rings. The number of carboxylic acids is 1. The van der Waals surface area contributed by atoms with Crippen molar-refractivity contribution in [2.24, 2.45) is 5.73 Å². The summed E-state index contributed by atoms with van der Waals surface area (Å²) in [5.74, 6) is -8.47. The number of hydrogen-bond acceptors (Lipinski definition) is 11. The summed E-state index contributed by atoms with van der Waals surface area (Å²) in [7, 11) is 0. The van der Waals surface area contributed by atoms with Gasteiger partial charge in [0.2, 0.25) is 53.2 Å². The molecule has 45 heavy (non-hydrogen) atoms. The second-order valence-electron chi connectivity index (χ2n) is 10.7. The minimum Gasteiger partial charge on any atom is -0.480 e. The Kier molecular flexibility index (Phi) is 12.7. The molecular formula is C26H40N8O11. The molecule has 250 valence electrons. The molecule has 0 radical (unpaired) electrons. The number of nitrogens with one attached hydrogen (secondary N) is 6. The van der Waals surface area contributed by atoms with E-state index in [2.05, 4.69) is 37.0 Å². The Morgan fingerprint density at radius 3 is 2.00 bits per heavy atom. The zero-order valence-corrected chi connectivity index (χ0v) is 25.4. The first-order valence-electron chi connectivity index (χ1n) is 14.7. The van der Waals surface area contributed by atoms with E-state index in [4.69, 9.17) is 8.54 Å². The molecule has 0 aromatic carbocycles. The molecule has 19 heteroatoms. The maximum absolute atomic E-state index is 12.8. The molecular weight excluding hydrogens is 600 g/mol. The number of hydrogen-bond donors (Lipinski definition) is 8. The van der Waals surface area contributed by atoms with E-state index in [1.54, 1.807) is 0 Å². The van der Waals surface area contributed by atoms with Crippen LogP contribution in [0.3, 0.4) is 0 Å². The van der Waals surface area contributed by atoms with Gasteiger partial charge in [-0.1, -0.05) is 0 Å². The fraction of sp³-hybridized carbons (Fsp3) is 0.615. The highest BCUT2D eigenvalue weighted by Gasteiger charge is 2.33. The SMILES string of the molecule is [2H]OC(=O)C(C)(C)NC(=O)[C@H](C)NC(=O)[C@H](CC(N)=O)NC(=O)[C@H](C)NC(=O)[C@H](C)NC(=O)CCNC(=O)CN1C(=O)CC([3H])C1=O. The average molecular weight is 644 g/mol. The number of aliphatic carboxylic acids is 1. The van der Waals surface area contributed by atoms with Crippen LogP contribution in [0.1, 0.15) is 61.6 Å². The van der Waals surface area contributed by atoms with E-state index in [9.17, 15) is 47.9 Å². The number of carbonyl (C=O) groups excluding carboxylic acids is 9. The molecule has 0 bridgehead atoms. The molecule has 1 saturated heterocycles. The predicted molar refractivity (Wildman–Crippen MR) is 152 cm³/mol. The molecule has 0 aliphatic carbocycles. The van der Waals surface area contributed by atoms with Crippen molar-refractivity contribution in [3.05, 3.63) is 0 Å². The van der Waals surface area contributed by atoms with Crippen LogP contribution >= 0.6 is 0 Å². The summed E-state index contributed by atoms with van der Waals surface area (Å²) in [5.41, 5.74) is 3.58. The summed E-state index contributed by atoms with van der Waals surface area (Å²) in [6, 6.07) is -5.30. The van der Waals surface area contributed by atoms with Gasteiger partial charge in [-0.3, -0.25) is 48.1 Å². The van der Waals surface area contributed by atoms with Crippen molar-refractivity contribution in [1.82, 2.24) is 36.8 Å². The first-order valence-corrected chi connectivity index (χ1v) is 13.7. The highest BCUT2D eigenvalue weighted by molar-refractivity contribution is 6.04. The van der Waals surface area contributed by atoms with E-state index in [1.807, 2.05) is 0 Å². The van der Waals surface area contributed by atoms with Gasteiger partial charge in [-0.25, -0.2) is 4.79 Å². The monoisotopic (exact) mass is 643 g/mol. The van der Waals surface area contributed by atoms with Crippen LogP contribution in [0.4, 0.5) is 0 Å². The van der Waals surface area contributed by atoms with Crippen molar-refractivity contribution < 1.29 is 54.4 Å². The molecule has 9 N–H and O–H groups in total. The normalized spacial score (nSPS) is 17.7. The van der Waals surface area contributed by atoms with Crippen molar-refractivity contribution >= 4 is 59.1 Å². The molecule has 0 aromatic rings. The lowest BCUT2D eigenvalue weighted by molar-refractivity contribution is -0.146. The molecule has 9 amide bonds. The third-order valence-corrected chi connectivity index (χ3v) is 6.25. The number of amides is 9. The lowest BCUT2D eigenvalue weighted by atomic mass is 10.1. The number of nitrogens with zero attached hydrogens (tertiary/aromatic N) is 1. The number of carboxylic acid groups (broad SMARTS) is 1. The molecule has 5 atom stereocenters. The Hall–Kier alpha value is -5.10. The van der Waals surface area contributed by atoms with E-state index < -0.39 is 108 Å². The number of primary amides is 1. The Labute approximate surface area is 261 Å².